The summed E-state index contributed by atoms with van der Waals surface area (Å²) >= 11 is 0. The first-order chi connectivity index (χ1) is 8.38. The van der Waals surface area contributed by atoms with Gasteiger partial charge in [0, 0.05) is 12.4 Å². The fraction of sp³-hybridized carbons (Fsp3) is 0.625. The zero-order valence-corrected chi connectivity index (χ0v) is 11.3. The topological polar surface area (TPSA) is 12.9 Å². The van der Waals surface area contributed by atoms with Gasteiger partial charge in [-0.3, -0.25) is 4.98 Å². The van der Waals surface area contributed by atoms with E-state index in [1.54, 1.807) is 0 Å². The summed E-state index contributed by atoms with van der Waals surface area (Å²) in [6.45, 7) is 6.16. The fourth-order valence-electron chi connectivity index (χ4n) is 2.16. The van der Waals surface area contributed by atoms with E-state index in [2.05, 4.69) is 31.1 Å². The highest BCUT2D eigenvalue weighted by molar-refractivity contribution is 5.23. The predicted molar refractivity (Wildman–Crippen MR) is 75.0 cm³/mol. The van der Waals surface area contributed by atoms with Gasteiger partial charge in [-0.25, -0.2) is 0 Å². The molecule has 1 heteroatoms. The van der Waals surface area contributed by atoms with Gasteiger partial charge < -0.3 is 0 Å². The molecule has 1 aromatic heterocycles. The third-order valence-electron chi connectivity index (χ3n) is 3.25. The summed E-state index contributed by atoms with van der Waals surface area (Å²) in [6, 6.07) is 2.19. The lowest BCUT2D eigenvalue weighted by Gasteiger charge is -2.08. The average Bonchev–Trinajstić information content (AvgIpc) is 2.36. The molecule has 0 fully saturated rings. The van der Waals surface area contributed by atoms with Gasteiger partial charge in [-0.2, -0.15) is 0 Å². The second kappa shape index (κ2) is 9.21. The van der Waals surface area contributed by atoms with Crippen molar-refractivity contribution in [3.63, 3.8) is 0 Å². The Balaban J connectivity index is 2.40. The van der Waals surface area contributed by atoms with Gasteiger partial charge in [0.05, 0.1) is 0 Å². The number of aryl methyl sites for hydroxylation is 2. The maximum Gasteiger partial charge on any atom is 0.0302 e. The number of aromatic nitrogens is 1. The Kier molecular flexibility index (Phi) is 7.70. The van der Waals surface area contributed by atoms with Crippen LogP contribution in [0.4, 0.5) is 0 Å². The summed E-state index contributed by atoms with van der Waals surface area (Å²) in [5.41, 5.74) is 2.97. The zero-order valence-electron chi connectivity index (χ0n) is 11.3. The molecule has 0 bridgehead atoms. The van der Waals surface area contributed by atoms with E-state index >= 15 is 0 Å². The molecule has 0 amide bonds. The lowest BCUT2D eigenvalue weighted by molar-refractivity contribution is 0.660. The van der Waals surface area contributed by atoms with Gasteiger partial charge in [0.25, 0.3) is 0 Å². The zero-order chi connectivity index (χ0) is 12.3. The normalized spacial score (nSPS) is 10.7. The summed E-state index contributed by atoms with van der Waals surface area (Å²) in [5.74, 6) is 0. The van der Waals surface area contributed by atoms with Crippen LogP contribution in [0.2, 0.25) is 0 Å². The number of unbranched alkanes of at least 4 members (excludes halogenated alkanes) is 5. The number of nitrogens with zero attached hydrogens (tertiary/aromatic N) is 1. The molecule has 0 spiro atoms. The van der Waals surface area contributed by atoms with Crippen LogP contribution in [-0.2, 0) is 12.8 Å². The number of pyridine rings is 1. The van der Waals surface area contributed by atoms with Crippen LogP contribution in [0.5, 0.6) is 0 Å². The monoisotopic (exact) mass is 232 g/mol. The third kappa shape index (κ3) is 5.86. The van der Waals surface area contributed by atoms with Crippen molar-refractivity contribution in [3.8, 4) is 0 Å². The standard InChI is InChI=1S/C16H26N/c1-3-5-7-9-11-16-14-17-13-12-15(16)10-8-6-4-2/h12-14H,2-11H2,1H3. The first-order valence-electron chi connectivity index (χ1n) is 7.09. The van der Waals surface area contributed by atoms with Crippen LogP contribution in [0.3, 0.4) is 0 Å². The molecule has 0 aromatic carbocycles. The van der Waals surface area contributed by atoms with Crippen LogP contribution in [0.15, 0.2) is 18.5 Å². The first kappa shape index (κ1) is 14.2. The summed E-state index contributed by atoms with van der Waals surface area (Å²) < 4.78 is 0. The molecule has 0 aliphatic heterocycles. The van der Waals surface area contributed by atoms with Crippen molar-refractivity contribution in [1.82, 2.24) is 4.98 Å². The second-order valence-electron chi connectivity index (χ2n) is 4.77. The lowest BCUT2D eigenvalue weighted by Crippen LogP contribution is -1.96. The van der Waals surface area contributed by atoms with Gasteiger partial charge in [0.15, 0.2) is 0 Å². The third-order valence-corrected chi connectivity index (χ3v) is 3.25. The van der Waals surface area contributed by atoms with Crippen LogP contribution in [0.1, 0.15) is 63.0 Å². The van der Waals surface area contributed by atoms with Crippen molar-refractivity contribution >= 4 is 0 Å². The fourth-order valence-corrected chi connectivity index (χ4v) is 2.16. The summed E-state index contributed by atoms with van der Waals surface area (Å²) in [7, 11) is 0. The van der Waals surface area contributed by atoms with Crippen molar-refractivity contribution in [1.29, 1.82) is 0 Å². The molecule has 0 saturated carbocycles. The molecule has 1 aromatic rings. The Hall–Kier alpha value is -0.850. The summed E-state index contributed by atoms with van der Waals surface area (Å²) in [6.07, 6.45) is 15.3. The molecule has 0 aliphatic rings. The van der Waals surface area contributed by atoms with E-state index in [4.69, 9.17) is 0 Å². The van der Waals surface area contributed by atoms with Gasteiger partial charge in [0.2, 0.25) is 0 Å². The maximum absolute atomic E-state index is 4.26. The SMILES string of the molecule is [CH2]CCCCc1ccncc1CCCCCC. The molecular formula is C16H26N. The molecule has 17 heavy (non-hydrogen) atoms. The Morgan fingerprint density at radius 3 is 2.53 bits per heavy atom. The van der Waals surface area contributed by atoms with Crippen LogP contribution in [0, 0.1) is 6.92 Å². The average molecular weight is 232 g/mol. The van der Waals surface area contributed by atoms with Crippen LogP contribution < -0.4 is 0 Å². The van der Waals surface area contributed by atoms with E-state index < -0.39 is 0 Å². The van der Waals surface area contributed by atoms with Gasteiger partial charge in [-0.15, -0.1) is 0 Å². The van der Waals surface area contributed by atoms with Gasteiger partial charge >= 0.3 is 0 Å². The molecule has 95 valence electrons. The van der Waals surface area contributed by atoms with E-state index in [9.17, 15) is 0 Å². The lowest BCUT2D eigenvalue weighted by atomic mass is 9.99. The van der Waals surface area contributed by atoms with Crippen molar-refractivity contribution < 1.29 is 0 Å². The highest BCUT2D eigenvalue weighted by Gasteiger charge is 2.02. The number of hydrogen-bond donors (Lipinski definition) is 0. The van der Waals surface area contributed by atoms with Crippen LogP contribution in [-0.4, -0.2) is 4.98 Å². The molecule has 1 rings (SSSR count). The Morgan fingerprint density at radius 2 is 1.76 bits per heavy atom. The Bertz CT molecular complexity index is 293. The summed E-state index contributed by atoms with van der Waals surface area (Å²) in [5, 5.41) is 0. The number of hydrogen-bond acceptors (Lipinski definition) is 1. The predicted octanol–water partition coefficient (Wildman–Crippen LogP) is 4.75. The van der Waals surface area contributed by atoms with Crippen molar-refractivity contribution in [3.05, 3.63) is 36.5 Å². The molecule has 0 saturated heterocycles. The van der Waals surface area contributed by atoms with Crippen molar-refractivity contribution in [2.75, 3.05) is 0 Å². The maximum atomic E-state index is 4.26. The van der Waals surface area contributed by atoms with E-state index in [-0.39, 0.29) is 0 Å². The van der Waals surface area contributed by atoms with Crippen LogP contribution in [0.25, 0.3) is 0 Å². The quantitative estimate of drug-likeness (QED) is 0.560. The van der Waals surface area contributed by atoms with E-state index in [0.717, 1.165) is 6.42 Å². The first-order valence-corrected chi connectivity index (χ1v) is 7.09. The van der Waals surface area contributed by atoms with Gasteiger partial charge in [-0.05, 0) is 42.9 Å². The minimum Gasteiger partial charge on any atom is -0.264 e. The minimum atomic E-state index is 1.05. The molecule has 0 atom stereocenters. The Labute approximate surface area is 107 Å². The highest BCUT2D eigenvalue weighted by atomic mass is 14.6. The molecule has 0 N–H and O–H groups in total. The summed E-state index contributed by atoms with van der Waals surface area (Å²) in [4.78, 5) is 4.26. The van der Waals surface area contributed by atoms with Crippen LogP contribution >= 0.6 is 0 Å². The smallest absolute Gasteiger partial charge is 0.0302 e. The second-order valence-corrected chi connectivity index (χ2v) is 4.77. The molecule has 1 heterocycles. The molecule has 0 unspecified atom stereocenters. The highest BCUT2D eigenvalue weighted by Crippen LogP contribution is 2.15. The number of rotatable bonds is 9. The van der Waals surface area contributed by atoms with E-state index in [0.29, 0.717) is 0 Å². The molecule has 1 radical (unpaired) electrons. The van der Waals surface area contributed by atoms with Gasteiger partial charge in [-0.1, -0.05) is 46.0 Å². The molecule has 1 nitrogen and oxygen atoms in total. The van der Waals surface area contributed by atoms with Crippen molar-refractivity contribution in [2.24, 2.45) is 0 Å². The molecule has 0 aliphatic carbocycles. The van der Waals surface area contributed by atoms with Crippen molar-refractivity contribution in [2.45, 2.75) is 64.7 Å². The van der Waals surface area contributed by atoms with Gasteiger partial charge in [0.1, 0.15) is 0 Å². The largest absolute Gasteiger partial charge is 0.264 e. The molecular weight excluding hydrogens is 206 g/mol. The van der Waals surface area contributed by atoms with E-state index in [1.165, 1.54) is 62.5 Å². The van der Waals surface area contributed by atoms with E-state index in [1.807, 2.05) is 6.20 Å². The Morgan fingerprint density at radius 1 is 1.00 bits per heavy atom. The minimum absolute atomic E-state index is 1.05.